The van der Waals surface area contributed by atoms with Crippen LogP contribution in [0.3, 0.4) is 0 Å². The number of carbonyl (C=O) groups excluding carboxylic acids is 2. The Morgan fingerprint density at radius 1 is 1.25 bits per heavy atom. The quantitative estimate of drug-likeness (QED) is 0.368. The summed E-state index contributed by atoms with van der Waals surface area (Å²) in [7, 11) is 3.13. The van der Waals surface area contributed by atoms with E-state index in [1.165, 1.54) is 0 Å². The zero-order valence-electron chi connectivity index (χ0n) is 13.1. The lowest BCUT2D eigenvalue weighted by atomic mass is 10.2. The molecule has 2 amide bonds. The molecule has 20 heavy (non-hydrogen) atoms. The second-order valence-corrected chi connectivity index (χ2v) is 4.62. The molecule has 0 saturated heterocycles. The summed E-state index contributed by atoms with van der Waals surface area (Å²) in [5.74, 6) is -0.325. The topological polar surface area (TPSA) is 110 Å². The fraction of sp³-hybridized carbons (Fsp3) is 0.667. The molecule has 0 unspecified atom stereocenters. The molecule has 0 aromatic carbocycles. The van der Waals surface area contributed by atoms with Gasteiger partial charge >= 0.3 is 0 Å². The summed E-state index contributed by atoms with van der Waals surface area (Å²) in [6.07, 6.45) is 5.19. The zero-order valence-corrected chi connectivity index (χ0v) is 14.8. The van der Waals surface area contributed by atoms with Crippen molar-refractivity contribution >= 4 is 36.2 Å². The molecule has 0 radical (unpaired) electrons. The molecule has 6 N–H and O–H groups in total. The monoisotopic (exact) mass is 324 g/mol. The van der Waals surface area contributed by atoms with E-state index in [2.05, 4.69) is 23.3 Å². The van der Waals surface area contributed by atoms with Crippen LogP contribution in [-0.2, 0) is 9.59 Å². The number of likely N-dealkylation sites (N-methyl/N-ethyl adjacent to an activating group) is 2. The van der Waals surface area contributed by atoms with Crippen LogP contribution in [0, 0.1) is 0 Å². The number of carbonyl (C=O) groups is 2. The van der Waals surface area contributed by atoms with Gasteiger partial charge in [0.25, 0.3) is 5.91 Å². The molecule has 0 rings (SSSR count). The van der Waals surface area contributed by atoms with E-state index in [0.717, 1.165) is 0 Å². The molecule has 2 atom stereocenters. The lowest BCUT2D eigenvalue weighted by Crippen LogP contribution is -2.44. The predicted molar refractivity (Wildman–Crippen MR) is 91.9 cm³/mol. The Balaban J connectivity index is -0.000000262. The average Bonchev–Trinajstić information content (AvgIpc) is 2.53. The van der Waals surface area contributed by atoms with Crippen molar-refractivity contribution in [3.05, 3.63) is 11.8 Å². The van der Waals surface area contributed by atoms with Gasteiger partial charge in [0.1, 0.15) is 0 Å². The fourth-order valence-corrected chi connectivity index (χ4v) is 1.22. The molecule has 6 nitrogen and oxygen atoms in total. The van der Waals surface area contributed by atoms with Crippen LogP contribution in [0.5, 0.6) is 0 Å². The van der Waals surface area contributed by atoms with Gasteiger partial charge in [0.2, 0.25) is 5.91 Å². The first-order valence-corrected chi connectivity index (χ1v) is 8.12. The molecule has 0 fully saturated rings. The standard InChI is InChI=1S/C6H14N2OS.C5H10N2O.CH4S/c1-4(10-3)5(7)6(9)8-2;1-3-4(6)5(8)7-2;1-2/h4-5H,7H2,1-3H3,(H,8,9);3H,6H2,1-2H3,(H,7,8);2H,1H3/b;4-3-;/t4-,5+;;/m0../s1. The van der Waals surface area contributed by atoms with Crippen LogP contribution in [0.1, 0.15) is 13.8 Å². The smallest absolute Gasteiger partial charge is 0.266 e. The molecule has 0 bridgehead atoms. The SMILES string of the molecule is C/C=C(\N)C(=O)NC.CNC(=O)[C@H](N)[C@H](C)SC.CS. The highest BCUT2D eigenvalue weighted by atomic mass is 32.2. The van der Waals surface area contributed by atoms with Gasteiger partial charge in [-0.1, -0.05) is 13.0 Å². The highest BCUT2D eigenvalue weighted by molar-refractivity contribution is 7.99. The molecule has 0 aliphatic carbocycles. The van der Waals surface area contributed by atoms with Crippen molar-refractivity contribution in [2.45, 2.75) is 25.1 Å². The molecule has 0 spiro atoms. The third-order valence-electron chi connectivity index (χ3n) is 2.23. The van der Waals surface area contributed by atoms with Gasteiger partial charge in [-0.05, 0) is 19.4 Å². The Bertz CT molecular complexity index is 299. The maximum atomic E-state index is 10.9. The normalized spacial score (nSPS) is 12.7. The first kappa shape index (κ1) is 24.2. The molecular weight excluding hydrogens is 296 g/mol. The first-order valence-electron chi connectivity index (χ1n) is 5.94. The van der Waals surface area contributed by atoms with E-state index in [1.807, 2.05) is 13.2 Å². The Labute approximate surface area is 131 Å². The summed E-state index contributed by atoms with van der Waals surface area (Å²) in [5, 5.41) is 5.07. The molecular formula is C12H28N4O2S2. The van der Waals surface area contributed by atoms with Gasteiger partial charge < -0.3 is 22.1 Å². The van der Waals surface area contributed by atoms with Gasteiger partial charge in [-0.15, -0.1) is 0 Å². The molecule has 0 aromatic rings. The summed E-state index contributed by atoms with van der Waals surface area (Å²) in [6.45, 7) is 3.65. The molecule has 0 aliphatic heterocycles. The van der Waals surface area contributed by atoms with E-state index >= 15 is 0 Å². The van der Waals surface area contributed by atoms with Crippen LogP contribution >= 0.6 is 24.4 Å². The summed E-state index contributed by atoms with van der Waals surface area (Å²) < 4.78 is 0. The van der Waals surface area contributed by atoms with Crippen molar-refractivity contribution in [3.63, 3.8) is 0 Å². The Morgan fingerprint density at radius 2 is 1.70 bits per heavy atom. The van der Waals surface area contributed by atoms with Gasteiger partial charge in [0, 0.05) is 19.3 Å². The van der Waals surface area contributed by atoms with Gasteiger partial charge in [0.15, 0.2) is 0 Å². The van der Waals surface area contributed by atoms with Gasteiger partial charge in [-0.3, -0.25) is 9.59 Å². The maximum absolute atomic E-state index is 10.9. The summed E-state index contributed by atoms with van der Waals surface area (Å²) in [4.78, 5) is 21.3. The lowest BCUT2D eigenvalue weighted by Gasteiger charge is -2.15. The third-order valence-corrected chi connectivity index (χ3v) is 3.26. The number of hydrogen-bond acceptors (Lipinski definition) is 6. The van der Waals surface area contributed by atoms with Gasteiger partial charge in [-0.25, -0.2) is 0 Å². The molecule has 0 aliphatic rings. The molecule has 0 saturated carbocycles. The number of allylic oxidation sites excluding steroid dienone is 1. The minimum atomic E-state index is -0.389. The highest BCUT2D eigenvalue weighted by Gasteiger charge is 2.17. The summed E-state index contributed by atoms with van der Waals surface area (Å²) >= 11 is 5.12. The molecule has 8 heteroatoms. The molecule has 0 aromatic heterocycles. The van der Waals surface area contributed by atoms with Crippen molar-refractivity contribution in [2.75, 3.05) is 26.6 Å². The fourth-order valence-electron chi connectivity index (χ4n) is 0.802. The number of nitrogens with two attached hydrogens (primary N) is 2. The average molecular weight is 325 g/mol. The van der Waals surface area contributed by atoms with Crippen LogP contribution in [0.15, 0.2) is 11.8 Å². The highest BCUT2D eigenvalue weighted by Crippen LogP contribution is 2.07. The first-order chi connectivity index (χ1) is 9.35. The van der Waals surface area contributed by atoms with Crippen LogP contribution < -0.4 is 22.1 Å². The van der Waals surface area contributed by atoms with E-state index < -0.39 is 0 Å². The van der Waals surface area contributed by atoms with Crippen molar-refractivity contribution in [3.8, 4) is 0 Å². The van der Waals surface area contributed by atoms with Crippen LogP contribution in [0.4, 0.5) is 0 Å². The number of thiol groups is 1. The predicted octanol–water partition coefficient (Wildman–Crippen LogP) is -0.0479. The van der Waals surface area contributed by atoms with E-state index in [0.29, 0.717) is 0 Å². The maximum Gasteiger partial charge on any atom is 0.266 e. The van der Waals surface area contributed by atoms with Crippen LogP contribution in [0.25, 0.3) is 0 Å². The van der Waals surface area contributed by atoms with Gasteiger partial charge in [-0.2, -0.15) is 24.4 Å². The van der Waals surface area contributed by atoms with E-state index in [1.54, 1.807) is 45.1 Å². The minimum Gasteiger partial charge on any atom is -0.395 e. The largest absolute Gasteiger partial charge is 0.395 e. The van der Waals surface area contributed by atoms with Crippen molar-refractivity contribution in [2.24, 2.45) is 11.5 Å². The van der Waals surface area contributed by atoms with E-state index in [-0.39, 0.29) is 28.8 Å². The van der Waals surface area contributed by atoms with E-state index in [9.17, 15) is 9.59 Å². The van der Waals surface area contributed by atoms with Crippen molar-refractivity contribution in [1.29, 1.82) is 0 Å². The van der Waals surface area contributed by atoms with Crippen LogP contribution in [0.2, 0.25) is 0 Å². The number of amides is 2. The second-order valence-electron chi connectivity index (χ2n) is 3.40. The number of hydrogen-bond donors (Lipinski definition) is 5. The Kier molecular flexibility index (Phi) is 19.6. The molecule has 120 valence electrons. The van der Waals surface area contributed by atoms with Gasteiger partial charge in [0.05, 0.1) is 11.7 Å². The number of thioether (sulfide) groups is 1. The second kappa shape index (κ2) is 16.2. The third kappa shape index (κ3) is 12.2. The minimum absolute atomic E-state index is 0.0955. The van der Waals surface area contributed by atoms with Crippen molar-refractivity contribution in [1.82, 2.24) is 10.6 Å². The summed E-state index contributed by atoms with van der Waals surface area (Å²) in [5.41, 5.74) is 11.0. The Hall–Kier alpha value is -0.860. The van der Waals surface area contributed by atoms with Crippen LogP contribution in [-0.4, -0.2) is 49.7 Å². The van der Waals surface area contributed by atoms with E-state index in [4.69, 9.17) is 11.5 Å². The number of nitrogens with one attached hydrogen (secondary N) is 2. The Morgan fingerprint density at radius 3 is 1.90 bits per heavy atom. The molecule has 0 heterocycles. The number of rotatable bonds is 4. The van der Waals surface area contributed by atoms with Crippen molar-refractivity contribution < 1.29 is 9.59 Å². The summed E-state index contributed by atoms with van der Waals surface area (Å²) in [6, 6.07) is -0.389. The zero-order chi connectivity index (χ0) is 16.7. The lowest BCUT2D eigenvalue weighted by molar-refractivity contribution is -0.121.